The molecule has 2 fully saturated rings. The van der Waals surface area contributed by atoms with Crippen molar-refractivity contribution in [3.63, 3.8) is 0 Å². The Morgan fingerprint density at radius 1 is 1.04 bits per heavy atom. The molecule has 0 bridgehead atoms. The first-order chi connectivity index (χ1) is 24.2. The van der Waals surface area contributed by atoms with Crippen LogP contribution in [0.1, 0.15) is 51.3 Å². The van der Waals surface area contributed by atoms with Gasteiger partial charge in [0.2, 0.25) is 6.10 Å². The maximum absolute atomic E-state index is 12.7. The maximum atomic E-state index is 12.7. The predicted octanol–water partition coefficient (Wildman–Crippen LogP) is 12.1. The van der Waals surface area contributed by atoms with Crippen molar-refractivity contribution >= 4 is 87.1 Å². The molecular formula is C36H33Cl6F3N4O3. The predicted molar refractivity (Wildman–Crippen MR) is 201 cm³/mol. The number of hydrogen-bond donors (Lipinski definition) is 2. The molecule has 0 spiro atoms. The van der Waals surface area contributed by atoms with Gasteiger partial charge in [-0.25, -0.2) is 0 Å². The molecule has 3 aromatic carbocycles. The number of rotatable bonds is 10. The highest BCUT2D eigenvalue weighted by molar-refractivity contribution is 6.56. The van der Waals surface area contributed by atoms with Gasteiger partial charge in [-0.2, -0.15) is 18.4 Å². The summed E-state index contributed by atoms with van der Waals surface area (Å²) in [4.78, 5) is 16.9. The molecule has 0 heterocycles. The lowest BCUT2D eigenvalue weighted by Crippen LogP contribution is -2.38. The summed E-state index contributed by atoms with van der Waals surface area (Å²) >= 11 is 35.5. The van der Waals surface area contributed by atoms with E-state index in [-0.39, 0.29) is 37.5 Å². The highest BCUT2D eigenvalue weighted by Crippen LogP contribution is 2.64. The number of aliphatic imine (C=N–C) groups is 1. The third-order valence-electron chi connectivity index (χ3n) is 8.73. The van der Waals surface area contributed by atoms with Crippen molar-refractivity contribution in [3.8, 4) is 17.6 Å². The van der Waals surface area contributed by atoms with Crippen molar-refractivity contribution in [2.75, 3.05) is 12.0 Å². The van der Waals surface area contributed by atoms with Gasteiger partial charge >= 0.3 is 12.1 Å². The van der Waals surface area contributed by atoms with Crippen molar-refractivity contribution < 1.29 is 27.4 Å². The average molecular weight is 839 g/mol. The second-order valence-corrected chi connectivity index (χ2v) is 16.1. The van der Waals surface area contributed by atoms with Crippen LogP contribution in [0, 0.1) is 34.0 Å². The number of hydrogen-bond acceptors (Lipinski definition) is 6. The lowest BCUT2D eigenvalue weighted by atomic mass is 10.1. The van der Waals surface area contributed by atoms with E-state index in [1.54, 1.807) is 30.3 Å². The molecule has 278 valence electrons. The molecule has 3 aromatic rings. The minimum absolute atomic E-state index is 0.106. The van der Waals surface area contributed by atoms with Crippen LogP contribution >= 0.6 is 69.6 Å². The first-order valence-electron chi connectivity index (χ1n) is 15.7. The van der Waals surface area contributed by atoms with Gasteiger partial charge in [-0.3, -0.25) is 20.6 Å². The quantitative estimate of drug-likeness (QED) is 0.0694. The number of halogens is 9. The average Bonchev–Trinajstić information content (AvgIpc) is 3.82. The number of allylic oxidation sites excluding steroid dienone is 1. The van der Waals surface area contributed by atoms with E-state index in [2.05, 4.69) is 15.8 Å². The van der Waals surface area contributed by atoms with Crippen LogP contribution in [0.15, 0.2) is 82.3 Å². The van der Waals surface area contributed by atoms with Gasteiger partial charge in [0, 0.05) is 12.1 Å². The molecule has 0 saturated heterocycles. The maximum Gasteiger partial charge on any atom is 0.416 e. The number of alkyl halides is 5. The number of benzene rings is 3. The zero-order chi connectivity index (χ0) is 38.6. The van der Waals surface area contributed by atoms with Crippen LogP contribution in [0.25, 0.3) is 0 Å². The van der Waals surface area contributed by atoms with Crippen molar-refractivity contribution in [3.05, 3.63) is 98.5 Å². The van der Waals surface area contributed by atoms with Crippen LogP contribution < -0.4 is 15.6 Å². The van der Waals surface area contributed by atoms with Gasteiger partial charge in [0.05, 0.1) is 32.6 Å². The zero-order valence-corrected chi connectivity index (χ0v) is 32.6. The van der Waals surface area contributed by atoms with Crippen LogP contribution in [0.3, 0.4) is 0 Å². The molecule has 0 aliphatic heterocycles. The molecule has 16 heteroatoms. The molecule has 0 aromatic heterocycles. The van der Waals surface area contributed by atoms with Crippen LogP contribution in [0.5, 0.6) is 11.5 Å². The Labute approximate surface area is 329 Å². The summed E-state index contributed by atoms with van der Waals surface area (Å²) in [5, 5.41) is 9.17. The first kappa shape index (κ1) is 41.7. The lowest BCUT2D eigenvalue weighted by Gasteiger charge is -2.20. The SMILES string of the molecule is CC1(C)[C@H](C(=O)O[C@H](C#N)c2cccc(Oc3ccccc3)c2)[C@@H]1C=C(Cl)Cl.CCN=C(NNc1c(Cl)cc(C(F)(F)F)cc1Cl)C1(C)CC1(Cl)Cl. The molecular weight excluding hydrogens is 806 g/mol. The van der Waals surface area contributed by atoms with Crippen molar-refractivity contribution in [2.24, 2.45) is 27.7 Å². The van der Waals surface area contributed by atoms with E-state index in [1.807, 2.05) is 64.1 Å². The fraction of sp³-hybridized carbons (Fsp3) is 0.361. The standard InChI is InChI=1S/C22H19Cl2NO3.C14H14Cl4F3N3/c1-22(2)17(12-19(23)24)20(22)21(26)28-18(13-25)14-7-6-10-16(11-14)27-15-8-4-3-5-9-15;1-3-22-11(12(2)6-13(12,17)18)24-23-10-8(15)4-7(5-9(10)16)14(19,20)21/h3-12,17-18,20H,1-2H3;4-5,23H,3,6H2,1-2H3,(H,22,24)/t17-,18+,20-;/m0./s1. The number of ether oxygens (including phenoxy) is 2. The van der Waals surface area contributed by atoms with Gasteiger partial charge in [0.1, 0.15) is 32.2 Å². The van der Waals surface area contributed by atoms with Gasteiger partial charge in [-0.15, -0.1) is 23.2 Å². The molecule has 2 aliphatic carbocycles. The molecule has 7 nitrogen and oxygen atoms in total. The number of nitrogens with zero attached hydrogens (tertiary/aromatic N) is 2. The number of hydrazine groups is 1. The molecule has 2 saturated carbocycles. The van der Waals surface area contributed by atoms with E-state index in [9.17, 15) is 23.2 Å². The summed E-state index contributed by atoms with van der Waals surface area (Å²) in [7, 11) is 0. The molecule has 2 N–H and O–H groups in total. The molecule has 0 amide bonds. The largest absolute Gasteiger partial charge is 0.457 e. The van der Waals surface area contributed by atoms with Gasteiger partial charge in [-0.05, 0) is 74.1 Å². The fourth-order valence-corrected chi connectivity index (χ4v) is 7.01. The molecule has 5 rings (SSSR count). The number of amidine groups is 1. The van der Waals surface area contributed by atoms with Crippen LogP contribution in [0.4, 0.5) is 18.9 Å². The minimum Gasteiger partial charge on any atom is -0.457 e. The van der Waals surface area contributed by atoms with Crippen LogP contribution in [-0.2, 0) is 15.7 Å². The lowest BCUT2D eigenvalue weighted by molar-refractivity contribution is -0.149. The van der Waals surface area contributed by atoms with Crippen molar-refractivity contribution in [2.45, 2.75) is 50.7 Å². The number of nitrogens with one attached hydrogen (secondary N) is 2. The highest BCUT2D eigenvalue weighted by atomic mass is 35.5. The molecule has 1 unspecified atom stereocenters. The Hall–Kier alpha value is -3.04. The summed E-state index contributed by atoms with van der Waals surface area (Å²) in [5.74, 6) is 0.763. The Morgan fingerprint density at radius 3 is 2.15 bits per heavy atom. The van der Waals surface area contributed by atoms with Crippen molar-refractivity contribution in [1.29, 1.82) is 5.26 Å². The van der Waals surface area contributed by atoms with E-state index in [0.717, 1.165) is 12.1 Å². The molecule has 0 radical (unpaired) electrons. The Balaban J connectivity index is 0.000000236. The Kier molecular flexibility index (Phi) is 13.3. The van der Waals surface area contributed by atoms with Gasteiger partial charge in [0.15, 0.2) is 0 Å². The third kappa shape index (κ3) is 9.93. The molecule has 52 heavy (non-hydrogen) atoms. The van der Waals surface area contributed by atoms with Crippen LogP contribution in [0.2, 0.25) is 10.0 Å². The number of para-hydroxylation sites is 1. The van der Waals surface area contributed by atoms with E-state index < -0.39 is 33.6 Å². The smallest absolute Gasteiger partial charge is 0.416 e. The van der Waals surface area contributed by atoms with E-state index >= 15 is 0 Å². The molecule has 4 atom stereocenters. The summed E-state index contributed by atoms with van der Waals surface area (Å²) < 4.78 is 48.7. The minimum atomic E-state index is -4.54. The number of esters is 1. The van der Waals surface area contributed by atoms with E-state index in [4.69, 9.17) is 79.1 Å². The van der Waals surface area contributed by atoms with Gasteiger partial charge in [0.25, 0.3) is 0 Å². The summed E-state index contributed by atoms with van der Waals surface area (Å²) in [6.45, 7) is 8.00. The number of carbonyl (C=O) groups is 1. The van der Waals surface area contributed by atoms with Gasteiger partial charge < -0.3 is 9.47 Å². The van der Waals surface area contributed by atoms with Gasteiger partial charge in [-0.1, -0.05) is 90.6 Å². The Bertz CT molecular complexity index is 1860. The number of anilines is 1. The van der Waals surface area contributed by atoms with E-state index in [1.165, 1.54) is 0 Å². The highest BCUT2D eigenvalue weighted by Gasteiger charge is 2.66. The fourth-order valence-electron chi connectivity index (χ4n) is 5.44. The molecule has 2 aliphatic rings. The van der Waals surface area contributed by atoms with Crippen molar-refractivity contribution in [1.82, 2.24) is 5.43 Å². The second kappa shape index (κ2) is 16.5. The number of nitriles is 1. The van der Waals surface area contributed by atoms with Crippen LogP contribution in [-0.4, -0.2) is 22.7 Å². The van der Waals surface area contributed by atoms with E-state index in [0.29, 0.717) is 35.9 Å². The number of carbonyl (C=O) groups excluding carboxylic acids is 1. The monoisotopic (exact) mass is 836 g/mol. The topological polar surface area (TPSA) is 95.7 Å². The normalized spacial score (nSPS) is 21.7. The summed E-state index contributed by atoms with van der Waals surface area (Å²) in [6, 6.07) is 19.9. The summed E-state index contributed by atoms with van der Waals surface area (Å²) in [5.41, 5.74) is 4.33. The third-order valence-corrected chi connectivity index (χ3v) is 10.7. The first-order valence-corrected chi connectivity index (χ1v) is 18.0. The second-order valence-electron chi connectivity index (χ2n) is 12.8. The Morgan fingerprint density at radius 2 is 1.63 bits per heavy atom. The summed E-state index contributed by atoms with van der Waals surface area (Å²) in [6.07, 6.45) is -3.43. The zero-order valence-electron chi connectivity index (χ0n) is 28.1.